The van der Waals surface area contributed by atoms with E-state index in [0.717, 1.165) is 33.8 Å². The summed E-state index contributed by atoms with van der Waals surface area (Å²) in [6, 6.07) is 15.6. The Morgan fingerprint density at radius 1 is 1.00 bits per heavy atom. The number of fused-ring (bicyclic) bond motifs is 1. The highest BCUT2D eigenvalue weighted by Crippen LogP contribution is 2.39. The van der Waals surface area contributed by atoms with Gasteiger partial charge in [0.1, 0.15) is 11.4 Å². The third-order valence-corrected chi connectivity index (χ3v) is 3.80. The van der Waals surface area contributed by atoms with Crippen molar-refractivity contribution in [3.05, 3.63) is 48.5 Å². The number of aromatic nitrogens is 1. The summed E-state index contributed by atoms with van der Waals surface area (Å²) >= 11 is 0. The lowest BCUT2D eigenvalue weighted by molar-refractivity contribution is 0.415. The first-order valence-electron chi connectivity index (χ1n) is 7.94. The van der Waals surface area contributed by atoms with E-state index in [-0.39, 0.29) is 0 Å². The number of hydrogen-bond acceptors (Lipinski definition) is 4. The normalized spacial score (nSPS) is 11.7. The van der Waals surface area contributed by atoms with Gasteiger partial charge in [0.2, 0.25) is 0 Å². The molecule has 0 aliphatic rings. The standard InChI is InChI=1S/C19H21N5O/c1-23(2)13-20-19-18(16-7-5-6-8-17(16)24(19)3)22-21-14-9-11-15(25-4)12-10-14/h5-13H,1-4H3/b20-13+,22-21?. The fourth-order valence-electron chi connectivity index (χ4n) is 2.53. The topological polar surface area (TPSA) is 54.5 Å². The molecule has 0 amide bonds. The summed E-state index contributed by atoms with van der Waals surface area (Å²) in [5.74, 6) is 1.56. The van der Waals surface area contributed by atoms with Crippen LogP contribution >= 0.6 is 0 Å². The molecule has 1 aromatic heterocycles. The van der Waals surface area contributed by atoms with Crippen LogP contribution in [0.25, 0.3) is 10.9 Å². The molecule has 0 aliphatic carbocycles. The maximum absolute atomic E-state index is 5.17. The number of benzene rings is 2. The van der Waals surface area contributed by atoms with Gasteiger partial charge in [-0.05, 0) is 30.3 Å². The summed E-state index contributed by atoms with van der Waals surface area (Å²) < 4.78 is 7.19. The predicted molar refractivity (Wildman–Crippen MR) is 102 cm³/mol. The van der Waals surface area contributed by atoms with Crippen LogP contribution in [-0.4, -0.2) is 37.0 Å². The SMILES string of the molecule is COc1ccc(N=Nc2c(/N=C/N(C)C)n(C)c3ccccc23)cc1. The van der Waals surface area contributed by atoms with Crippen molar-refractivity contribution in [1.82, 2.24) is 9.47 Å². The molecule has 25 heavy (non-hydrogen) atoms. The van der Waals surface area contributed by atoms with Crippen molar-refractivity contribution >= 4 is 34.4 Å². The molecule has 0 spiro atoms. The van der Waals surface area contributed by atoms with Crippen LogP contribution in [0.2, 0.25) is 0 Å². The summed E-state index contributed by atoms with van der Waals surface area (Å²) in [6.45, 7) is 0. The molecular weight excluding hydrogens is 314 g/mol. The summed E-state index contributed by atoms with van der Waals surface area (Å²) in [6.07, 6.45) is 1.76. The third kappa shape index (κ3) is 3.52. The molecule has 0 aliphatic heterocycles. The summed E-state index contributed by atoms with van der Waals surface area (Å²) in [5, 5.41) is 9.88. The van der Waals surface area contributed by atoms with E-state index in [1.807, 2.05) is 73.1 Å². The first-order chi connectivity index (χ1) is 12.1. The quantitative estimate of drug-likeness (QED) is 0.381. The van der Waals surface area contributed by atoms with Gasteiger partial charge >= 0.3 is 0 Å². The fourth-order valence-corrected chi connectivity index (χ4v) is 2.53. The number of ether oxygens (including phenoxy) is 1. The Morgan fingerprint density at radius 2 is 1.72 bits per heavy atom. The number of aliphatic imine (C=N–C) groups is 1. The van der Waals surface area contributed by atoms with E-state index in [1.54, 1.807) is 13.4 Å². The molecule has 0 radical (unpaired) electrons. The summed E-state index contributed by atoms with van der Waals surface area (Å²) in [4.78, 5) is 6.46. The largest absolute Gasteiger partial charge is 0.497 e. The Balaban J connectivity index is 2.06. The average Bonchev–Trinajstić information content (AvgIpc) is 2.90. The van der Waals surface area contributed by atoms with Crippen LogP contribution in [0.15, 0.2) is 63.8 Å². The van der Waals surface area contributed by atoms with Crippen LogP contribution in [0.1, 0.15) is 0 Å². The molecule has 0 atom stereocenters. The lowest BCUT2D eigenvalue weighted by Gasteiger charge is -2.04. The van der Waals surface area contributed by atoms with Gasteiger partial charge in [0, 0.05) is 26.5 Å². The van der Waals surface area contributed by atoms with Gasteiger partial charge in [-0.3, -0.25) is 0 Å². The molecule has 128 valence electrons. The molecule has 3 aromatic rings. The predicted octanol–water partition coefficient (Wildman–Crippen LogP) is 4.82. The van der Waals surface area contributed by atoms with Gasteiger partial charge < -0.3 is 14.2 Å². The fraction of sp³-hybridized carbons (Fsp3) is 0.211. The van der Waals surface area contributed by atoms with Crippen LogP contribution < -0.4 is 4.74 Å². The van der Waals surface area contributed by atoms with Crippen molar-refractivity contribution in [2.45, 2.75) is 0 Å². The highest BCUT2D eigenvalue weighted by atomic mass is 16.5. The maximum atomic E-state index is 5.17. The van der Waals surface area contributed by atoms with E-state index < -0.39 is 0 Å². The van der Waals surface area contributed by atoms with Gasteiger partial charge in [0.05, 0.1) is 24.7 Å². The zero-order valence-corrected chi connectivity index (χ0v) is 14.8. The Morgan fingerprint density at radius 3 is 2.40 bits per heavy atom. The summed E-state index contributed by atoms with van der Waals surface area (Å²) in [7, 11) is 7.49. The van der Waals surface area contributed by atoms with Crippen LogP contribution in [0, 0.1) is 0 Å². The zero-order chi connectivity index (χ0) is 17.8. The molecule has 6 heteroatoms. The van der Waals surface area contributed by atoms with Gasteiger partial charge in [-0.1, -0.05) is 18.2 Å². The maximum Gasteiger partial charge on any atom is 0.163 e. The minimum Gasteiger partial charge on any atom is -0.497 e. The van der Waals surface area contributed by atoms with E-state index in [4.69, 9.17) is 4.74 Å². The number of hydrogen-bond donors (Lipinski definition) is 0. The Bertz CT molecular complexity index is 923. The molecule has 0 saturated heterocycles. The van der Waals surface area contributed by atoms with E-state index in [1.165, 1.54) is 0 Å². The first-order valence-corrected chi connectivity index (χ1v) is 7.94. The smallest absolute Gasteiger partial charge is 0.163 e. The Hall–Kier alpha value is -3.15. The second-order valence-corrected chi connectivity index (χ2v) is 5.85. The minimum absolute atomic E-state index is 0.756. The van der Waals surface area contributed by atoms with Gasteiger partial charge in [0.15, 0.2) is 5.82 Å². The molecule has 3 rings (SSSR count). The molecule has 0 saturated carbocycles. The van der Waals surface area contributed by atoms with Crippen LogP contribution in [-0.2, 0) is 7.05 Å². The van der Waals surface area contributed by atoms with Gasteiger partial charge in [-0.25, -0.2) is 4.99 Å². The number of nitrogens with zero attached hydrogens (tertiary/aromatic N) is 5. The highest BCUT2D eigenvalue weighted by Gasteiger charge is 2.14. The van der Waals surface area contributed by atoms with Crippen molar-refractivity contribution in [2.75, 3.05) is 21.2 Å². The number of aryl methyl sites for hydroxylation is 1. The second-order valence-electron chi connectivity index (χ2n) is 5.85. The average molecular weight is 335 g/mol. The lowest BCUT2D eigenvalue weighted by Crippen LogP contribution is -2.07. The van der Waals surface area contributed by atoms with Crippen molar-refractivity contribution in [1.29, 1.82) is 0 Å². The van der Waals surface area contributed by atoms with Crippen molar-refractivity contribution in [3.63, 3.8) is 0 Å². The van der Waals surface area contributed by atoms with E-state index in [2.05, 4.69) is 21.3 Å². The molecule has 1 heterocycles. The molecule has 0 bridgehead atoms. The molecule has 0 unspecified atom stereocenters. The van der Waals surface area contributed by atoms with Gasteiger partial charge in [0.25, 0.3) is 0 Å². The van der Waals surface area contributed by atoms with Crippen LogP contribution in [0.4, 0.5) is 17.2 Å². The molecule has 6 nitrogen and oxygen atoms in total. The van der Waals surface area contributed by atoms with Crippen molar-refractivity contribution in [3.8, 4) is 5.75 Å². The molecule has 0 N–H and O–H groups in total. The van der Waals surface area contributed by atoms with Gasteiger partial charge in [-0.15, -0.1) is 5.11 Å². The van der Waals surface area contributed by atoms with Gasteiger partial charge in [-0.2, -0.15) is 5.11 Å². The Labute approximate surface area is 147 Å². The minimum atomic E-state index is 0.756. The molecule has 0 fully saturated rings. The van der Waals surface area contributed by atoms with Crippen molar-refractivity contribution < 1.29 is 4.74 Å². The molecular formula is C19H21N5O. The number of methoxy groups -OCH3 is 1. The van der Waals surface area contributed by atoms with Crippen LogP contribution in [0.3, 0.4) is 0 Å². The van der Waals surface area contributed by atoms with E-state index >= 15 is 0 Å². The highest BCUT2D eigenvalue weighted by molar-refractivity contribution is 5.98. The monoisotopic (exact) mass is 335 g/mol. The molecule has 2 aromatic carbocycles. The second kappa shape index (κ2) is 7.17. The lowest BCUT2D eigenvalue weighted by atomic mass is 10.2. The zero-order valence-electron chi connectivity index (χ0n) is 14.8. The summed E-state index contributed by atoms with van der Waals surface area (Å²) in [5.41, 5.74) is 2.58. The number of azo groups is 1. The van der Waals surface area contributed by atoms with Crippen molar-refractivity contribution in [2.24, 2.45) is 22.3 Å². The number of rotatable bonds is 5. The first kappa shape index (κ1) is 16.7. The Kier molecular flexibility index (Phi) is 4.79. The third-order valence-electron chi connectivity index (χ3n) is 3.80. The van der Waals surface area contributed by atoms with E-state index in [9.17, 15) is 0 Å². The van der Waals surface area contributed by atoms with E-state index in [0.29, 0.717) is 0 Å². The number of para-hydroxylation sites is 1. The van der Waals surface area contributed by atoms with Crippen LogP contribution in [0.5, 0.6) is 5.75 Å².